The largest absolute Gasteiger partial charge is 0.488 e. The number of nitrogens with one attached hydrogen (secondary N) is 1. The van der Waals surface area contributed by atoms with Gasteiger partial charge in [0.2, 0.25) is 11.8 Å². The summed E-state index contributed by atoms with van der Waals surface area (Å²) in [7, 11) is 1.87. The highest BCUT2D eigenvalue weighted by atomic mass is 19.4. The molecule has 0 saturated heterocycles. The van der Waals surface area contributed by atoms with E-state index >= 15 is 0 Å². The second-order valence-corrected chi connectivity index (χ2v) is 10.9. The molecule has 0 spiro atoms. The second-order valence-electron chi connectivity index (χ2n) is 10.9. The van der Waals surface area contributed by atoms with Crippen LogP contribution in [0.4, 0.5) is 18.9 Å². The fraction of sp³-hybridized carbons (Fsp3) is 0.517. The van der Waals surface area contributed by atoms with Crippen molar-refractivity contribution >= 4 is 17.5 Å². The molecule has 0 radical (unpaired) electrons. The molecule has 4 rings (SSSR count). The predicted octanol–water partition coefficient (Wildman–Crippen LogP) is 4.33. The van der Waals surface area contributed by atoms with E-state index in [2.05, 4.69) is 5.32 Å². The number of alkyl halides is 3. The van der Waals surface area contributed by atoms with Gasteiger partial charge in [-0.15, -0.1) is 0 Å². The van der Waals surface area contributed by atoms with Crippen molar-refractivity contribution in [2.45, 2.75) is 58.0 Å². The Morgan fingerprint density at radius 1 is 1.21 bits per heavy atom. The molecule has 2 N–H and O–H groups in total. The SMILES string of the molecule is C[C@@H]1CN([C@H](C)CO)C(=O)Cc2cc(NC(=O)C3CC3)ccc2O[C@H]1CN(C)Cc1ccc(C(F)(F)F)cc1. The Kier molecular flexibility index (Phi) is 8.86. The van der Waals surface area contributed by atoms with Gasteiger partial charge < -0.3 is 20.1 Å². The van der Waals surface area contributed by atoms with Gasteiger partial charge in [0, 0.05) is 42.7 Å². The first kappa shape index (κ1) is 28.9. The van der Waals surface area contributed by atoms with Crippen molar-refractivity contribution in [1.29, 1.82) is 0 Å². The zero-order chi connectivity index (χ0) is 28.3. The molecular weight excluding hydrogens is 511 g/mol. The van der Waals surface area contributed by atoms with E-state index in [0.29, 0.717) is 36.6 Å². The quantitative estimate of drug-likeness (QED) is 0.514. The number of anilines is 1. The molecule has 1 aliphatic carbocycles. The maximum Gasteiger partial charge on any atom is 0.416 e. The lowest BCUT2D eigenvalue weighted by Crippen LogP contribution is -2.47. The Morgan fingerprint density at radius 3 is 2.51 bits per heavy atom. The number of carbonyl (C=O) groups excluding carboxylic acids is 2. The monoisotopic (exact) mass is 547 g/mol. The topological polar surface area (TPSA) is 82.1 Å². The minimum absolute atomic E-state index is 0.0304. The maximum absolute atomic E-state index is 13.3. The van der Waals surface area contributed by atoms with E-state index in [9.17, 15) is 27.9 Å². The van der Waals surface area contributed by atoms with Crippen molar-refractivity contribution in [3.05, 3.63) is 59.2 Å². The van der Waals surface area contributed by atoms with Crippen molar-refractivity contribution < 1.29 is 32.6 Å². The standard InChI is InChI=1S/C29H36F3N3O4/c1-18-14-35(19(2)17-36)27(37)13-22-12-24(33-28(38)21-6-7-21)10-11-25(22)39-26(18)16-34(3)15-20-4-8-23(9-5-20)29(30,31)32/h4-5,8-12,18-19,21,26,36H,6-7,13-17H2,1-3H3,(H,33,38)/t18-,19-,26+/m1/s1. The van der Waals surface area contributed by atoms with Gasteiger partial charge in [0.05, 0.1) is 24.6 Å². The van der Waals surface area contributed by atoms with Crippen LogP contribution in [0.1, 0.15) is 43.4 Å². The van der Waals surface area contributed by atoms with E-state index in [-0.39, 0.29) is 48.8 Å². The Morgan fingerprint density at radius 2 is 1.90 bits per heavy atom. The number of carbonyl (C=O) groups is 2. The minimum Gasteiger partial charge on any atom is -0.488 e. The number of amides is 2. The van der Waals surface area contributed by atoms with Gasteiger partial charge >= 0.3 is 6.18 Å². The maximum atomic E-state index is 13.3. The van der Waals surface area contributed by atoms with Gasteiger partial charge in [0.15, 0.2) is 0 Å². The van der Waals surface area contributed by atoms with Gasteiger partial charge in [-0.05, 0) is 62.7 Å². The van der Waals surface area contributed by atoms with Gasteiger partial charge in [-0.1, -0.05) is 19.1 Å². The van der Waals surface area contributed by atoms with Crippen molar-refractivity contribution in [3.63, 3.8) is 0 Å². The molecule has 2 amide bonds. The number of hydrogen-bond acceptors (Lipinski definition) is 5. The van der Waals surface area contributed by atoms with Crippen LogP contribution < -0.4 is 10.1 Å². The summed E-state index contributed by atoms with van der Waals surface area (Å²) in [5, 5.41) is 12.7. The van der Waals surface area contributed by atoms with Crippen molar-refractivity contribution in [2.75, 3.05) is 32.1 Å². The van der Waals surface area contributed by atoms with Crippen LogP contribution in [-0.2, 0) is 28.7 Å². The molecule has 2 aromatic carbocycles. The zero-order valence-corrected chi connectivity index (χ0v) is 22.5. The summed E-state index contributed by atoms with van der Waals surface area (Å²) >= 11 is 0. The number of aliphatic hydroxyl groups excluding tert-OH is 1. The number of aliphatic hydroxyl groups is 1. The smallest absolute Gasteiger partial charge is 0.416 e. The average Bonchev–Trinajstić information content (AvgIpc) is 3.72. The molecule has 212 valence electrons. The predicted molar refractivity (Wildman–Crippen MR) is 141 cm³/mol. The third-order valence-corrected chi connectivity index (χ3v) is 7.36. The molecule has 0 aromatic heterocycles. The number of nitrogens with zero attached hydrogens (tertiary/aromatic N) is 2. The zero-order valence-electron chi connectivity index (χ0n) is 22.5. The molecule has 0 bridgehead atoms. The number of halogens is 3. The molecule has 2 aromatic rings. The Bertz CT molecular complexity index is 1170. The third-order valence-electron chi connectivity index (χ3n) is 7.36. The summed E-state index contributed by atoms with van der Waals surface area (Å²) in [6.07, 6.45) is -2.91. The summed E-state index contributed by atoms with van der Waals surface area (Å²) in [6.45, 7) is 4.84. The molecule has 10 heteroatoms. The molecule has 7 nitrogen and oxygen atoms in total. The second kappa shape index (κ2) is 12.0. The summed E-state index contributed by atoms with van der Waals surface area (Å²) in [4.78, 5) is 29.3. The lowest BCUT2D eigenvalue weighted by molar-refractivity contribution is -0.137. The molecule has 1 heterocycles. The lowest BCUT2D eigenvalue weighted by atomic mass is 10.0. The van der Waals surface area contributed by atoms with E-state index in [1.54, 1.807) is 30.0 Å². The Balaban J connectivity index is 1.55. The molecule has 2 aliphatic rings. The van der Waals surface area contributed by atoms with Crippen LogP contribution >= 0.6 is 0 Å². The molecule has 1 fully saturated rings. The van der Waals surface area contributed by atoms with Gasteiger partial charge in [0.1, 0.15) is 11.9 Å². The van der Waals surface area contributed by atoms with E-state index in [1.807, 2.05) is 18.9 Å². The molecular formula is C29H36F3N3O4. The highest BCUT2D eigenvalue weighted by Crippen LogP contribution is 2.33. The number of hydrogen-bond donors (Lipinski definition) is 2. The normalized spacial score (nSPS) is 20.9. The number of fused-ring (bicyclic) bond motifs is 1. The summed E-state index contributed by atoms with van der Waals surface area (Å²) in [6, 6.07) is 10.0. The number of benzene rings is 2. The Labute approximate surface area is 226 Å². The molecule has 3 atom stereocenters. The summed E-state index contributed by atoms with van der Waals surface area (Å²) in [5.41, 5.74) is 1.30. The van der Waals surface area contributed by atoms with E-state index in [0.717, 1.165) is 30.5 Å². The number of likely N-dealkylation sites (N-methyl/N-ethyl adjacent to an activating group) is 1. The number of ether oxygens (including phenoxy) is 1. The van der Waals surface area contributed by atoms with Gasteiger partial charge in [0.25, 0.3) is 0 Å². The molecule has 1 saturated carbocycles. The minimum atomic E-state index is -4.38. The van der Waals surface area contributed by atoms with Crippen LogP contribution in [0.3, 0.4) is 0 Å². The van der Waals surface area contributed by atoms with Crippen molar-refractivity contribution in [1.82, 2.24) is 9.80 Å². The van der Waals surface area contributed by atoms with Crippen LogP contribution in [0, 0.1) is 11.8 Å². The average molecular weight is 548 g/mol. The van der Waals surface area contributed by atoms with E-state index < -0.39 is 11.7 Å². The lowest BCUT2D eigenvalue weighted by Gasteiger charge is -2.34. The molecule has 0 unspecified atom stereocenters. The molecule has 1 aliphatic heterocycles. The number of rotatable bonds is 8. The first-order valence-corrected chi connectivity index (χ1v) is 13.3. The first-order chi connectivity index (χ1) is 18.4. The highest BCUT2D eigenvalue weighted by molar-refractivity contribution is 5.94. The fourth-order valence-electron chi connectivity index (χ4n) is 4.80. The fourth-order valence-corrected chi connectivity index (χ4v) is 4.80. The van der Waals surface area contributed by atoms with Crippen LogP contribution in [0.15, 0.2) is 42.5 Å². The summed E-state index contributed by atoms with van der Waals surface area (Å²) < 4.78 is 45.3. The Hall–Kier alpha value is -3.11. The van der Waals surface area contributed by atoms with Crippen LogP contribution in [0.2, 0.25) is 0 Å². The van der Waals surface area contributed by atoms with Crippen molar-refractivity contribution in [3.8, 4) is 5.75 Å². The van der Waals surface area contributed by atoms with E-state index in [1.165, 1.54) is 12.1 Å². The van der Waals surface area contributed by atoms with Gasteiger partial charge in [-0.3, -0.25) is 14.5 Å². The van der Waals surface area contributed by atoms with Gasteiger partial charge in [-0.25, -0.2) is 0 Å². The first-order valence-electron chi connectivity index (χ1n) is 13.3. The van der Waals surface area contributed by atoms with Crippen LogP contribution in [-0.4, -0.2) is 65.6 Å². The highest BCUT2D eigenvalue weighted by Gasteiger charge is 2.33. The summed E-state index contributed by atoms with van der Waals surface area (Å²) in [5.74, 6) is 0.304. The molecule has 39 heavy (non-hydrogen) atoms. The third kappa shape index (κ3) is 7.51. The van der Waals surface area contributed by atoms with Crippen LogP contribution in [0.5, 0.6) is 5.75 Å². The van der Waals surface area contributed by atoms with Crippen LogP contribution in [0.25, 0.3) is 0 Å². The van der Waals surface area contributed by atoms with E-state index in [4.69, 9.17) is 4.74 Å². The van der Waals surface area contributed by atoms with Gasteiger partial charge in [-0.2, -0.15) is 13.2 Å². The van der Waals surface area contributed by atoms with Crippen molar-refractivity contribution in [2.24, 2.45) is 11.8 Å².